The van der Waals surface area contributed by atoms with Crippen molar-refractivity contribution in [2.24, 2.45) is 10.7 Å². The maximum atomic E-state index is 12.4. The molecule has 0 aliphatic carbocycles. The van der Waals surface area contributed by atoms with Gasteiger partial charge in [0, 0.05) is 25.2 Å². The molecule has 1 heterocycles. The van der Waals surface area contributed by atoms with Crippen LogP contribution in [-0.2, 0) is 6.54 Å². The first-order valence-corrected chi connectivity index (χ1v) is 7.62. The zero-order chi connectivity index (χ0) is 15.9. The Morgan fingerprint density at radius 3 is 2.82 bits per heavy atom. The van der Waals surface area contributed by atoms with Crippen LogP contribution in [0.2, 0.25) is 0 Å². The van der Waals surface area contributed by atoms with Crippen LogP contribution in [0.15, 0.2) is 41.4 Å². The molecule has 0 atom stereocenters. The highest BCUT2D eigenvalue weighted by atomic mass is 16.2. The third kappa shape index (κ3) is 4.62. The summed E-state index contributed by atoms with van der Waals surface area (Å²) in [5.74, 6) is 0.496. The summed E-state index contributed by atoms with van der Waals surface area (Å²) in [5, 5.41) is 2.99. The van der Waals surface area contributed by atoms with Gasteiger partial charge in [0.1, 0.15) is 0 Å². The first kappa shape index (κ1) is 16.1. The molecule has 1 aliphatic rings. The lowest BCUT2D eigenvalue weighted by molar-refractivity contribution is 0.0792. The summed E-state index contributed by atoms with van der Waals surface area (Å²) in [6.45, 7) is 8.51. The van der Waals surface area contributed by atoms with E-state index in [0.29, 0.717) is 19.0 Å². The van der Waals surface area contributed by atoms with Crippen molar-refractivity contribution in [1.29, 1.82) is 0 Å². The molecule has 0 aromatic heterocycles. The van der Waals surface area contributed by atoms with Gasteiger partial charge >= 0.3 is 0 Å². The number of likely N-dealkylation sites (tertiary alicyclic amines) is 1. The number of nitrogens with zero attached hydrogens (tertiary/aromatic N) is 2. The Kier molecular flexibility index (Phi) is 5.58. The third-order valence-corrected chi connectivity index (χ3v) is 3.57. The smallest absolute Gasteiger partial charge is 0.253 e. The van der Waals surface area contributed by atoms with E-state index in [1.54, 1.807) is 0 Å². The molecule has 1 saturated heterocycles. The predicted molar refractivity (Wildman–Crippen MR) is 89.7 cm³/mol. The molecule has 3 N–H and O–H groups in total. The lowest BCUT2D eigenvalue weighted by Crippen LogP contribution is -2.32. The molecule has 0 bridgehead atoms. The van der Waals surface area contributed by atoms with Crippen LogP contribution < -0.4 is 11.1 Å². The summed E-state index contributed by atoms with van der Waals surface area (Å²) in [6, 6.07) is 7.61. The molecule has 5 nitrogen and oxygen atoms in total. The van der Waals surface area contributed by atoms with Crippen molar-refractivity contribution in [1.82, 2.24) is 10.2 Å². The van der Waals surface area contributed by atoms with Gasteiger partial charge in [0.2, 0.25) is 0 Å². The minimum absolute atomic E-state index is 0.108. The van der Waals surface area contributed by atoms with Gasteiger partial charge in [-0.2, -0.15) is 0 Å². The Hall–Kier alpha value is -2.30. The molecule has 1 aromatic rings. The normalized spacial score (nSPS) is 15.0. The van der Waals surface area contributed by atoms with Gasteiger partial charge < -0.3 is 16.0 Å². The molecule has 0 saturated carbocycles. The number of guanidine groups is 1. The molecule has 1 aliphatic heterocycles. The average Bonchev–Trinajstić information content (AvgIpc) is 3.04. The van der Waals surface area contributed by atoms with E-state index in [1.807, 2.05) is 36.1 Å². The number of carbonyl (C=O) groups is 1. The zero-order valence-corrected chi connectivity index (χ0v) is 13.1. The maximum absolute atomic E-state index is 12.4. The summed E-state index contributed by atoms with van der Waals surface area (Å²) in [7, 11) is 0. The molecular formula is C17H24N4O. The third-order valence-electron chi connectivity index (χ3n) is 3.57. The van der Waals surface area contributed by atoms with E-state index < -0.39 is 0 Å². The van der Waals surface area contributed by atoms with Crippen molar-refractivity contribution in [2.45, 2.75) is 26.3 Å². The van der Waals surface area contributed by atoms with Crippen molar-refractivity contribution in [3.05, 3.63) is 47.5 Å². The number of carbonyl (C=O) groups excluding carboxylic acids is 1. The Labute approximate surface area is 131 Å². The summed E-state index contributed by atoms with van der Waals surface area (Å²) in [5.41, 5.74) is 8.49. The first-order chi connectivity index (χ1) is 10.6. The number of nitrogens with two attached hydrogens (primary N) is 1. The highest BCUT2D eigenvalue weighted by molar-refractivity contribution is 5.94. The first-order valence-electron chi connectivity index (χ1n) is 7.62. The fourth-order valence-corrected chi connectivity index (χ4v) is 2.38. The second-order valence-corrected chi connectivity index (χ2v) is 5.71. The van der Waals surface area contributed by atoms with Gasteiger partial charge in [-0.3, -0.25) is 4.79 Å². The van der Waals surface area contributed by atoms with Crippen molar-refractivity contribution in [2.75, 3.05) is 19.6 Å². The average molecular weight is 300 g/mol. The number of hydrogen-bond donors (Lipinski definition) is 2. The summed E-state index contributed by atoms with van der Waals surface area (Å²) in [4.78, 5) is 18.5. The lowest BCUT2D eigenvalue weighted by atomic mass is 10.1. The molecular weight excluding hydrogens is 276 g/mol. The standard InChI is InChI=1S/C17H24N4O/c1-13(2)11-19-17(18)20-12-14-6-5-7-15(10-14)16(22)21-8-3-4-9-21/h5-7,10H,1,3-4,8-9,11-12H2,2H3,(H3,18,19,20). The molecule has 1 aromatic carbocycles. The second kappa shape index (κ2) is 7.64. The number of rotatable bonds is 5. The fourth-order valence-electron chi connectivity index (χ4n) is 2.38. The van der Waals surface area contributed by atoms with Crippen LogP contribution in [0.4, 0.5) is 0 Å². The van der Waals surface area contributed by atoms with E-state index in [1.165, 1.54) is 0 Å². The molecule has 0 radical (unpaired) electrons. The van der Waals surface area contributed by atoms with Crippen LogP contribution in [0.3, 0.4) is 0 Å². The highest BCUT2D eigenvalue weighted by Crippen LogP contribution is 2.14. The van der Waals surface area contributed by atoms with Gasteiger partial charge in [-0.05, 0) is 37.5 Å². The van der Waals surface area contributed by atoms with Crippen LogP contribution in [0.5, 0.6) is 0 Å². The van der Waals surface area contributed by atoms with Crippen molar-refractivity contribution in [3.8, 4) is 0 Å². The summed E-state index contributed by atoms with van der Waals surface area (Å²) >= 11 is 0. The second-order valence-electron chi connectivity index (χ2n) is 5.71. The van der Waals surface area contributed by atoms with Gasteiger partial charge in [-0.25, -0.2) is 4.99 Å². The molecule has 5 heteroatoms. The van der Waals surface area contributed by atoms with Crippen LogP contribution in [0.25, 0.3) is 0 Å². The van der Waals surface area contributed by atoms with Gasteiger partial charge in [0.15, 0.2) is 5.96 Å². The zero-order valence-electron chi connectivity index (χ0n) is 13.1. The Morgan fingerprint density at radius 1 is 1.41 bits per heavy atom. The van der Waals surface area contributed by atoms with Crippen molar-refractivity contribution in [3.63, 3.8) is 0 Å². The quantitative estimate of drug-likeness (QED) is 0.496. The number of hydrogen-bond acceptors (Lipinski definition) is 2. The number of aliphatic imine (C=N–C) groups is 1. The van der Waals surface area contributed by atoms with Crippen LogP contribution in [0, 0.1) is 0 Å². The van der Waals surface area contributed by atoms with Crippen molar-refractivity contribution < 1.29 is 4.79 Å². The number of nitrogens with one attached hydrogen (secondary N) is 1. The molecule has 0 unspecified atom stereocenters. The fraction of sp³-hybridized carbons (Fsp3) is 0.412. The summed E-state index contributed by atoms with van der Waals surface area (Å²) in [6.07, 6.45) is 2.20. The Bertz CT molecular complexity index is 574. The number of benzene rings is 1. The predicted octanol–water partition coefficient (Wildman–Crippen LogP) is 1.90. The molecule has 118 valence electrons. The van der Waals surface area contributed by atoms with E-state index in [9.17, 15) is 4.79 Å². The minimum Gasteiger partial charge on any atom is -0.370 e. The van der Waals surface area contributed by atoms with Gasteiger partial charge in [-0.1, -0.05) is 24.3 Å². The Balaban J connectivity index is 1.97. The molecule has 2 rings (SSSR count). The molecule has 22 heavy (non-hydrogen) atoms. The highest BCUT2D eigenvalue weighted by Gasteiger charge is 2.19. The van der Waals surface area contributed by atoms with Gasteiger partial charge in [-0.15, -0.1) is 0 Å². The SMILES string of the molecule is C=C(C)CNC(N)=NCc1cccc(C(=O)N2CCCC2)c1. The molecule has 1 amide bonds. The van der Waals surface area contributed by atoms with Gasteiger partial charge in [0.25, 0.3) is 5.91 Å². The minimum atomic E-state index is 0.108. The van der Waals surface area contributed by atoms with E-state index in [-0.39, 0.29) is 5.91 Å². The van der Waals surface area contributed by atoms with E-state index in [0.717, 1.165) is 42.6 Å². The van der Waals surface area contributed by atoms with E-state index in [4.69, 9.17) is 5.73 Å². The largest absolute Gasteiger partial charge is 0.370 e. The van der Waals surface area contributed by atoms with Crippen LogP contribution in [-0.4, -0.2) is 36.4 Å². The topological polar surface area (TPSA) is 70.7 Å². The molecule has 0 spiro atoms. The van der Waals surface area contributed by atoms with Crippen LogP contribution >= 0.6 is 0 Å². The maximum Gasteiger partial charge on any atom is 0.253 e. The summed E-state index contributed by atoms with van der Waals surface area (Å²) < 4.78 is 0. The lowest BCUT2D eigenvalue weighted by Gasteiger charge is -2.15. The Morgan fingerprint density at radius 2 is 2.14 bits per heavy atom. The van der Waals surface area contributed by atoms with Gasteiger partial charge in [0.05, 0.1) is 6.54 Å². The van der Waals surface area contributed by atoms with Crippen molar-refractivity contribution >= 4 is 11.9 Å². The molecule has 1 fully saturated rings. The van der Waals surface area contributed by atoms with E-state index >= 15 is 0 Å². The van der Waals surface area contributed by atoms with Crippen LogP contribution in [0.1, 0.15) is 35.7 Å². The number of amides is 1. The van der Waals surface area contributed by atoms with E-state index in [2.05, 4.69) is 16.9 Å². The monoisotopic (exact) mass is 300 g/mol.